The summed E-state index contributed by atoms with van der Waals surface area (Å²) in [4.78, 5) is 34.3. The predicted molar refractivity (Wildman–Crippen MR) is 102 cm³/mol. The molecule has 27 heavy (non-hydrogen) atoms. The van der Waals surface area contributed by atoms with Crippen molar-refractivity contribution in [3.8, 4) is 0 Å². The number of carbonyl (C=O) groups excluding carboxylic acids is 2. The molecule has 0 atom stereocenters. The molecular formula is C18H18N2O5S2. The molecule has 0 aliphatic rings. The molecule has 0 spiro atoms. The number of furan rings is 1. The quantitative estimate of drug-likeness (QED) is 0.346. The van der Waals surface area contributed by atoms with E-state index in [1.165, 1.54) is 36.1 Å². The van der Waals surface area contributed by atoms with Crippen LogP contribution in [0.2, 0.25) is 0 Å². The summed E-state index contributed by atoms with van der Waals surface area (Å²) in [5, 5.41) is 1.75. The maximum atomic E-state index is 12.1. The van der Waals surface area contributed by atoms with Crippen LogP contribution in [0, 0.1) is 20.8 Å². The van der Waals surface area contributed by atoms with Crippen LogP contribution in [-0.2, 0) is 20.9 Å². The minimum Gasteiger partial charge on any atom is -0.465 e. The number of thioether (sulfide) groups is 1. The van der Waals surface area contributed by atoms with Crippen LogP contribution in [0.4, 0.5) is 0 Å². The molecule has 9 heteroatoms. The average molecular weight is 406 g/mol. The lowest BCUT2D eigenvalue weighted by molar-refractivity contribution is -0.142. The third-order valence-corrected chi connectivity index (χ3v) is 6.09. The van der Waals surface area contributed by atoms with Crippen LogP contribution in [0.15, 0.2) is 21.8 Å². The van der Waals surface area contributed by atoms with E-state index >= 15 is 0 Å². The van der Waals surface area contributed by atoms with Gasteiger partial charge in [-0.1, -0.05) is 11.8 Å². The standard InChI is InChI=1S/C18H18N2O5S2/c1-9-11(3)27-17-15(9)16(19-8-20-17)26-7-14(21)24-6-12-5-13(10(2)25-12)18(22)23-4/h5,8H,6-7H2,1-4H3. The number of fused-ring (bicyclic) bond motifs is 1. The van der Waals surface area contributed by atoms with Crippen molar-refractivity contribution in [1.82, 2.24) is 9.97 Å². The van der Waals surface area contributed by atoms with E-state index in [2.05, 4.69) is 14.7 Å². The topological polar surface area (TPSA) is 91.5 Å². The van der Waals surface area contributed by atoms with E-state index in [-0.39, 0.29) is 12.4 Å². The fraction of sp³-hybridized carbons (Fsp3) is 0.333. The van der Waals surface area contributed by atoms with Gasteiger partial charge >= 0.3 is 11.9 Å². The highest BCUT2D eigenvalue weighted by Gasteiger charge is 2.17. The van der Waals surface area contributed by atoms with Crippen molar-refractivity contribution in [3.63, 3.8) is 0 Å². The summed E-state index contributed by atoms with van der Waals surface area (Å²) in [6, 6.07) is 1.52. The Morgan fingerprint density at radius 1 is 1.26 bits per heavy atom. The zero-order valence-corrected chi connectivity index (χ0v) is 17.0. The van der Waals surface area contributed by atoms with Crippen molar-refractivity contribution in [1.29, 1.82) is 0 Å². The van der Waals surface area contributed by atoms with Gasteiger partial charge in [-0.3, -0.25) is 4.79 Å². The van der Waals surface area contributed by atoms with Gasteiger partial charge < -0.3 is 13.9 Å². The number of ether oxygens (including phenoxy) is 2. The first-order chi connectivity index (χ1) is 12.9. The number of carbonyl (C=O) groups is 2. The number of aromatic nitrogens is 2. The molecule has 0 N–H and O–H groups in total. The van der Waals surface area contributed by atoms with Crippen LogP contribution < -0.4 is 0 Å². The Morgan fingerprint density at radius 3 is 2.78 bits per heavy atom. The maximum absolute atomic E-state index is 12.1. The van der Waals surface area contributed by atoms with Crippen LogP contribution in [0.25, 0.3) is 10.2 Å². The second kappa shape index (κ2) is 8.10. The van der Waals surface area contributed by atoms with Crippen molar-refractivity contribution in [3.05, 3.63) is 39.9 Å². The first-order valence-corrected chi connectivity index (χ1v) is 9.87. The second-order valence-corrected chi connectivity index (χ2v) is 7.93. The molecule has 3 rings (SSSR count). The van der Waals surface area contributed by atoms with Gasteiger partial charge in [0.1, 0.15) is 39.9 Å². The highest BCUT2D eigenvalue weighted by Crippen LogP contribution is 2.34. The fourth-order valence-corrected chi connectivity index (χ4v) is 4.42. The molecule has 0 bridgehead atoms. The Balaban J connectivity index is 1.60. The number of hydrogen-bond donors (Lipinski definition) is 0. The maximum Gasteiger partial charge on any atom is 0.341 e. The van der Waals surface area contributed by atoms with Gasteiger partial charge in [0.05, 0.1) is 12.9 Å². The molecule has 0 aliphatic heterocycles. The van der Waals surface area contributed by atoms with E-state index in [1.54, 1.807) is 18.3 Å². The van der Waals surface area contributed by atoms with Crippen molar-refractivity contribution in [2.75, 3.05) is 12.9 Å². The van der Waals surface area contributed by atoms with Gasteiger partial charge in [-0.05, 0) is 32.4 Å². The number of rotatable bonds is 6. The first-order valence-electron chi connectivity index (χ1n) is 8.07. The molecule has 0 radical (unpaired) electrons. The molecule has 142 valence electrons. The van der Waals surface area contributed by atoms with E-state index in [4.69, 9.17) is 9.15 Å². The van der Waals surface area contributed by atoms with Crippen LogP contribution in [-0.4, -0.2) is 34.8 Å². The van der Waals surface area contributed by atoms with Gasteiger partial charge in [0, 0.05) is 10.3 Å². The van der Waals surface area contributed by atoms with Gasteiger partial charge in [0.25, 0.3) is 0 Å². The molecule has 0 aromatic carbocycles. The Hall–Kier alpha value is -2.39. The largest absolute Gasteiger partial charge is 0.465 e. The minimum atomic E-state index is -0.487. The number of hydrogen-bond acceptors (Lipinski definition) is 9. The molecule has 3 heterocycles. The van der Waals surface area contributed by atoms with Crippen molar-refractivity contribution in [2.45, 2.75) is 32.4 Å². The van der Waals surface area contributed by atoms with E-state index in [0.29, 0.717) is 17.1 Å². The summed E-state index contributed by atoms with van der Waals surface area (Å²) in [7, 11) is 1.30. The monoisotopic (exact) mass is 406 g/mol. The minimum absolute atomic E-state index is 0.0486. The molecule has 0 aliphatic carbocycles. The fourth-order valence-electron chi connectivity index (χ4n) is 2.51. The van der Waals surface area contributed by atoms with Crippen LogP contribution in [0.1, 0.15) is 32.3 Å². The lowest BCUT2D eigenvalue weighted by Crippen LogP contribution is -2.07. The zero-order valence-electron chi connectivity index (χ0n) is 15.3. The summed E-state index contributed by atoms with van der Waals surface area (Å²) in [6.45, 7) is 5.67. The molecule has 0 amide bonds. The molecule has 3 aromatic rings. The van der Waals surface area contributed by atoms with E-state index in [0.717, 1.165) is 20.8 Å². The highest BCUT2D eigenvalue weighted by molar-refractivity contribution is 8.00. The number of methoxy groups -OCH3 is 1. The second-order valence-electron chi connectivity index (χ2n) is 5.77. The van der Waals surface area contributed by atoms with Gasteiger partial charge in [-0.2, -0.15) is 0 Å². The van der Waals surface area contributed by atoms with Crippen molar-refractivity contribution < 1.29 is 23.5 Å². The third kappa shape index (κ3) is 4.14. The molecule has 0 unspecified atom stereocenters. The summed E-state index contributed by atoms with van der Waals surface area (Å²) >= 11 is 2.93. The van der Waals surface area contributed by atoms with Crippen LogP contribution >= 0.6 is 23.1 Å². The summed E-state index contributed by atoms with van der Waals surface area (Å²) in [6.07, 6.45) is 1.51. The zero-order chi connectivity index (χ0) is 19.6. The molecule has 0 saturated carbocycles. The summed E-state index contributed by atoms with van der Waals surface area (Å²) in [5.41, 5.74) is 1.46. The summed E-state index contributed by atoms with van der Waals surface area (Å²) < 4.78 is 15.3. The van der Waals surface area contributed by atoms with E-state index in [1.807, 2.05) is 13.8 Å². The summed E-state index contributed by atoms with van der Waals surface area (Å²) in [5.74, 6) is 0.0434. The predicted octanol–water partition coefficient (Wildman–Crippen LogP) is 3.83. The van der Waals surface area contributed by atoms with E-state index < -0.39 is 11.9 Å². The van der Waals surface area contributed by atoms with Crippen molar-refractivity contribution >= 4 is 45.3 Å². The SMILES string of the molecule is COC(=O)c1cc(COC(=O)CSc2ncnc3sc(C)c(C)c23)oc1C. The van der Waals surface area contributed by atoms with Gasteiger partial charge in [0.2, 0.25) is 0 Å². The Bertz CT molecular complexity index is 1010. The van der Waals surface area contributed by atoms with Gasteiger partial charge in [-0.15, -0.1) is 11.3 Å². The number of aryl methyl sites for hydroxylation is 3. The molecule has 0 fully saturated rings. The number of nitrogens with zero attached hydrogens (tertiary/aromatic N) is 2. The molecule has 3 aromatic heterocycles. The number of thiophene rings is 1. The van der Waals surface area contributed by atoms with E-state index in [9.17, 15) is 9.59 Å². The lowest BCUT2D eigenvalue weighted by atomic mass is 10.2. The van der Waals surface area contributed by atoms with Crippen LogP contribution in [0.5, 0.6) is 0 Å². The highest BCUT2D eigenvalue weighted by atomic mass is 32.2. The average Bonchev–Trinajstić information content (AvgIpc) is 3.17. The number of esters is 2. The molecular weight excluding hydrogens is 388 g/mol. The normalized spacial score (nSPS) is 11.0. The van der Waals surface area contributed by atoms with Crippen molar-refractivity contribution in [2.24, 2.45) is 0 Å². The van der Waals surface area contributed by atoms with Crippen LogP contribution in [0.3, 0.4) is 0 Å². The first kappa shape index (κ1) is 19.4. The van der Waals surface area contributed by atoms with Gasteiger partial charge in [-0.25, -0.2) is 14.8 Å². The Morgan fingerprint density at radius 2 is 2.04 bits per heavy atom. The lowest BCUT2D eigenvalue weighted by Gasteiger charge is -2.04. The molecule has 7 nitrogen and oxygen atoms in total. The molecule has 0 saturated heterocycles. The Kier molecular flexibility index (Phi) is 5.81. The Labute approximate surface area is 164 Å². The van der Waals surface area contributed by atoms with Gasteiger partial charge in [0.15, 0.2) is 0 Å². The third-order valence-electron chi connectivity index (χ3n) is 4.01. The smallest absolute Gasteiger partial charge is 0.341 e.